The molecule has 25 heavy (non-hydrogen) atoms. The molecule has 1 aromatic carbocycles. The van der Waals surface area contributed by atoms with E-state index in [4.69, 9.17) is 11.6 Å². The summed E-state index contributed by atoms with van der Waals surface area (Å²) in [7, 11) is 0. The van der Waals surface area contributed by atoms with Crippen molar-refractivity contribution >= 4 is 50.1 Å². The van der Waals surface area contributed by atoms with Gasteiger partial charge >= 0.3 is 0 Å². The Labute approximate surface area is 159 Å². The summed E-state index contributed by atoms with van der Waals surface area (Å²) in [4.78, 5) is 8.69. The van der Waals surface area contributed by atoms with E-state index in [1.54, 1.807) is 12.1 Å². The first-order valence-electron chi connectivity index (χ1n) is 7.81. The van der Waals surface area contributed by atoms with Gasteiger partial charge in [-0.3, -0.25) is 0 Å². The molecule has 0 fully saturated rings. The summed E-state index contributed by atoms with van der Waals surface area (Å²) in [5.41, 5.74) is 2.16. The van der Waals surface area contributed by atoms with Crippen molar-refractivity contribution in [2.45, 2.75) is 13.8 Å². The summed E-state index contributed by atoms with van der Waals surface area (Å²) in [5.74, 6) is 0.973. The summed E-state index contributed by atoms with van der Waals surface area (Å²) >= 11 is 9.57. The van der Waals surface area contributed by atoms with Crippen LogP contribution in [0.5, 0.6) is 0 Å². The van der Waals surface area contributed by atoms with Crippen LogP contribution in [0.2, 0.25) is 5.02 Å². The second kappa shape index (κ2) is 7.54. The van der Waals surface area contributed by atoms with Crippen LogP contribution < -0.4 is 10.6 Å². The van der Waals surface area contributed by atoms with E-state index in [9.17, 15) is 4.39 Å². The van der Waals surface area contributed by atoms with Crippen LogP contribution in [0.1, 0.15) is 11.1 Å². The van der Waals surface area contributed by atoms with Crippen molar-refractivity contribution in [3.05, 3.63) is 56.9 Å². The number of nitrogens with zero attached hydrogens (tertiary/aromatic N) is 2. The highest BCUT2D eigenvalue weighted by Gasteiger charge is 2.14. The molecule has 2 heterocycles. The summed E-state index contributed by atoms with van der Waals surface area (Å²) in [5, 5.41) is 7.53. The molecule has 0 aliphatic rings. The fourth-order valence-electron chi connectivity index (χ4n) is 2.44. The van der Waals surface area contributed by atoms with Crippen molar-refractivity contribution in [2.75, 3.05) is 23.7 Å². The summed E-state index contributed by atoms with van der Waals surface area (Å²) in [6, 6.07) is 7.33. The normalized spacial score (nSPS) is 10.9. The summed E-state index contributed by atoms with van der Waals surface area (Å²) in [6.45, 7) is 5.11. The highest BCUT2D eigenvalue weighted by atomic mass is 79.9. The number of aromatic nitrogens is 2. The van der Waals surface area contributed by atoms with Crippen molar-refractivity contribution in [3.63, 3.8) is 0 Å². The van der Waals surface area contributed by atoms with Gasteiger partial charge in [0.1, 0.15) is 17.2 Å². The lowest BCUT2D eigenvalue weighted by Gasteiger charge is -2.13. The lowest BCUT2D eigenvalue weighted by molar-refractivity contribution is 0.630. The largest absolute Gasteiger partial charge is 0.368 e. The Kier molecular flexibility index (Phi) is 5.39. The molecule has 0 unspecified atom stereocenters. The van der Waals surface area contributed by atoms with Crippen LogP contribution in [0.4, 0.5) is 16.0 Å². The Hall–Kier alpha value is -1.92. The van der Waals surface area contributed by atoms with Crippen molar-refractivity contribution in [2.24, 2.45) is 0 Å². The van der Waals surface area contributed by atoms with Gasteiger partial charge in [-0.1, -0.05) is 17.7 Å². The third-order valence-electron chi connectivity index (χ3n) is 3.85. The van der Waals surface area contributed by atoms with E-state index in [1.165, 1.54) is 0 Å². The van der Waals surface area contributed by atoms with Crippen LogP contribution in [0.15, 0.2) is 34.9 Å². The van der Waals surface area contributed by atoms with Gasteiger partial charge in [0.15, 0.2) is 5.82 Å². The highest BCUT2D eigenvalue weighted by Crippen LogP contribution is 2.33. The molecule has 0 saturated carbocycles. The van der Waals surface area contributed by atoms with Crippen LogP contribution in [-0.2, 0) is 0 Å². The zero-order valence-corrected chi connectivity index (χ0v) is 16.2. The number of aryl methyl sites for hydroxylation is 1. The lowest BCUT2D eigenvalue weighted by atomic mass is 10.1. The summed E-state index contributed by atoms with van der Waals surface area (Å²) < 4.78 is 14.7. The topological polar surface area (TPSA) is 49.8 Å². The molecular weight excluding hydrogens is 407 g/mol. The molecule has 0 aliphatic heterocycles. The molecule has 0 aliphatic carbocycles. The molecule has 3 rings (SSSR count). The lowest BCUT2D eigenvalue weighted by Crippen LogP contribution is -2.15. The van der Waals surface area contributed by atoms with Crippen molar-refractivity contribution in [3.8, 4) is 0 Å². The molecule has 0 radical (unpaired) electrons. The second-order valence-corrected chi connectivity index (χ2v) is 6.96. The molecule has 0 spiro atoms. The standard InChI is InChI=1S/C18H17BrClFN4/c1-10-3-6-14(24-9-10)22-7-8-23-18-11(2)15(20)12-4-5-13(19)16(21)17(12)25-18/h3-6,9H,7-8H2,1-2H3,(H,22,24)(H,23,25). The molecule has 0 saturated heterocycles. The third kappa shape index (κ3) is 3.85. The minimum atomic E-state index is -0.413. The molecule has 0 bridgehead atoms. The zero-order chi connectivity index (χ0) is 18.0. The predicted octanol–water partition coefficient (Wildman–Crippen LogP) is 5.33. The first-order valence-corrected chi connectivity index (χ1v) is 8.98. The maximum Gasteiger partial charge on any atom is 0.163 e. The molecule has 130 valence electrons. The fourth-order valence-corrected chi connectivity index (χ4v) is 3.01. The van der Waals surface area contributed by atoms with Crippen molar-refractivity contribution in [1.82, 2.24) is 9.97 Å². The molecule has 4 nitrogen and oxygen atoms in total. The maximum absolute atomic E-state index is 14.3. The number of nitrogens with one attached hydrogen (secondary N) is 2. The Morgan fingerprint density at radius 1 is 1.12 bits per heavy atom. The molecule has 2 N–H and O–H groups in total. The number of anilines is 2. The quantitative estimate of drug-likeness (QED) is 0.545. The van der Waals surface area contributed by atoms with Gasteiger partial charge in [-0.05, 0) is 53.5 Å². The monoisotopic (exact) mass is 422 g/mol. The fraction of sp³-hybridized carbons (Fsp3) is 0.222. The molecule has 0 atom stereocenters. The number of hydrogen-bond acceptors (Lipinski definition) is 4. The van der Waals surface area contributed by atoms with Crippen LogP contribution in [0.25, 0.3) is 10.9 Å². The van der Waals surface area contributed by atoms with E-state index in [-0.39, 0.29) is 5.52 Å². The summed E-state index contributed by atoms with van der Waals surface area (Å²) in [6.07, 6.45) is 1.81. The molecule has 7 heteroatoms. The van der Waals surface area contributed by atoms with Gasteiger partial charge in [-0.15, -0.1) is 0 Å². The van der Waals surface area contributed by atoms with Crippen LogP contribution >= 0.6 is 27.5 Å². The van der Waals surface area contributed by atoms with Crippen molar-refractivity contribution < 1.29 is 4.39 Å². The Bertz CT molecular complexity index is 915. The van der Waals surface area contributed by atoms with Gasteiger partial charge in [-0.25, -0.2) is 14.4 Å². The maximum atomic E-state index is 14.3. The predicted molar refractivity (Wildman–Crippen MR) is 105 cm³/mol. The van der Waals surface area contributed by atoms with Crippen LogP contribution in [-0.4, -0.2) is 23.1 Å². The smallest absolute Gasteiger partial charge is 0.163 e. The second-order valence-electron chi connectivity index (χ2n) is 5.73. The van der Waals surface area contributed by atoms with E-state index < -0.39 is 5.82 Å². The minimum absolute atomic E-state index is 0.251. The molecule has 0 amide bonds. The number of halogens is 3. The molecular formula is C18H17BrClFN4. The van der Waals surface area contributed by atoms with E-state index >= 15 is 0 Å². The van der Waals surface area contributed by atoms with Crippen LogP contribution in [0, 0.1) is 19.7 Å². The number of benzene rings is 1. The van der Waals surface area contributed by atoms with E-state index in [0.29, 0.717) is 33.8 Å². The third-order valence-corrected chi connectivity index (χ3v) is 4.95. The van der Waals surface area contributed by atoms with Gasteiger partial charge in [-0.2, -0.15) is 0 Å². The van der Waals surface area contributed by atoms with Gasteiger partial charge in [0.2, 0.25) is 0 Å². The average molecular weight is 424 g/mol. The molecule has 3 aromatic rings. The zero-order valence-electron chi connectivity index (χ0n) is 13.8. The first kappa shape index (κ1) is 17.9. The molecule has 2 aromatic heterocycles. The number of hydrogen-bond donors (Lipinski definition) is 2. The van der Waals surface area contributed by atoms with Crippen molar-refractivity contribution in [1.29, 1.82) is 0 Å². The van der Waals surface area contributed by atoms with Crippen LogP contribution in [0.3, 0.4) is 0 Å². The van der Waals surface area contributed by atoms with Gasteiger partial charge in [0, 0.05) is 30.2 Å². The van der Waals surface area contributed by atoms with E-state index in [0.717, 1.165) is 16.9 Å². The number of fused-ring (bicyclic) bond motifs is 1. The average Bonchev–Trinajstić information content (AvgIpc) is 2.61. The Morgan fingerprint density at radius 2 is 1.88 bits per heavy atom. The van der Waals surface area contributed by atoms with Gasteiger partial charge < -0.3 is 10.6 Å². The van der Waals surface area contributed by atoms with E-state index in [1.807, 2.05) is 32.2 Å². The minimum Gasteiger partial charge on any atom is -0.368 e. The first-order chi connectivity index (χ1) is 12.0. The highest BCUT2D eigenvalue weighted by molar-refractivity contribution is 9.10. The van der Waals surface area contributed by atoms with Gasteiger partial charge in [0.05, 0.1) is 9.50 Å². The van der Waals surface area contributed by atoms with E-state index in [2.05, 4.69) is 36.5 Å². The SMILES string of the molecule is Cc1ccc(NCCNc2nc3c(F)c(Br)ccc3c(Cl)c2C)nc1. The number of pyridine rings is 2. The number of rotatable bonds is 5. The Balaban J connectivity index is 1.73. The van der Waals surface area contributed by atoms with Gasteiger partial charge in [0.25, 0.3) is 0 Å². The Morgan fingerprint density at radius 3 is 2.60 bits per heavy atom.